The molecule has 2 atom stereocenters. The zero-order valence-electron chi connectivity index (χ0n) is 6.76. The molecule has 0 saturated carbocycles. The van der Waals surface area contributed by atoms with Crippen LogP contribution >= 0.6 is 0 Å². The summed E-state index contributed by atoms with van der Waals surface area (Å²) in [7, 11) is 0. The van der Waals surface area contributed by atoms with Gasteiger partial charge in [-0.05, 0) is 18.3 Å². The van der Waals surface area contributed by atoms with Gasteiger partial charge in [0.25, 0.3) is 0 Å². The second-order valence-corrected chi connectivity index (χ2v) is 3.48. The van der Waals surface area contributed by atoms with E-state index < -0.39 is 0 Å². The standard InChI is InChI=1S/C8H16O2/c1-3-8(2)4-7(5-9)10-6-8/h7,9H,3-6H2,1-2H3/t7-,8+/m1/s1. The Morgan fingerprint density at radius 2 is 2.40 bits per heavy atom. The molecule has 0 aromatic rings. The molecule has 0 aliphatic carbocycles. The van der Waals surface area contributed by atoms with Crippen LogP contribution in [0.5, 0.6) is 0 Å². The molecule has 1 saturated heterocycles. The first-order chi connectivity index (χ1) is 4.70. The Labute approximate surface area is 62.2 Å². The van der Waals surface area contributed by atoms with Gasteiger partial charge >= 0.3 is 0 Å². The van der Waals surface area contributed by atoms with Gasteiger partial charge in [-0.3, -0.25) is 0 Å². The highest BCUT2D eigenvalue weighted by molar-refractivity contribution is 4.82. The molecule has 0 aromatic heterocycles. The lowest BCUT2D eigenvalue weighted by atomic mass is 9.85. The molecule has 1 aliphatic heterocycles. The molecule has 0 radical (unpaired) electrons. The molecule has 2 heteroatoms. The molecule has 60 valence electrons. The highest BCUT2D eigenvalue weighted by Gasteiger charge is 2.33. The Morgan fingerprint density at radius 1 is 1.70 bits per heavy atom. The largest absolute Gasteiger partial charge is 0.394 e. The van der Waals surface area contributed by atoms with Crippen LogP contribution in [-0.2, 0) is 4.74 Å². The lowest BCUT2D eigenvalue weighted by Gasteiger charge is -2.18. The Bertz CT molecular complexity index is 114. The number of hydrogen-bond acceptors (Lipinski definition) is 2. The van der Waals surface area contributed by atoms with Crippen LogP contribution in [0.1, 0.15) is 26.7 Å². The van der Waals surface area contributed by atoms with E-state index >= 15 is 0 Å². The Kier molecular flexibility index (Phi) is 2.32. The summed E-state index contributed by atoms with van der Waals surface area (Å²) in [4.78, 5) is 0. The Balaban J connectivity index is 2.41. The second-order valence-electron chi connectivity index (χ2n) is 3.48. The zero-order valence-corrected chi connectivity index (χ0v) is 6.76. The molecule has 1 fully saturated rings. The van der Waals surface area contributed by atoms with E-state index in [1.165, 1.54) is 0 Å². The predicted molar refractivity (Wildman–Crippen MR) is 39.8 cm³/mol. The van der Waals surface area contributed by atoms with Crippen LogP contribution in [0.25, 0.3) is 0 Å². The lowest BCUT2D eigenvalue weighted by molar-refractivity contribution is 0.0535. The maximum absolute atomic E-state index is 8.77. The van der Waals surface area contributed by atoms with Gasteiger partial charge in [-0.1, -0.05) is 13.8 Å². The fourth-order valence-electron chi connectivity index (χ4n) is 1.35. The van der Waals surface area contributed by atoms with Crippen LogP contribution in [0.2, 0.25) is 0 Å². The van der Waals surface area contributed by atoms with Gasteiger partial charge in [-0.2, -0.15) is 0 Å². The highest BCUT2D eigenvalue weighted by Crippen LogP contribution is 2.34. The number of rotatable bonds is 2. The van der Waals surface area contributed by atoms with Gasteiger partial charge in [0.2, 0.25) is 0 Å². The Hall–Kier alpha value is -0.0800. The molecule has 1 rings (SSSR count). The van der Waals surface area contributed by atoms with E-state index in [1.54, 1.807) is 0 Å². The topological polar surface area (TPSA) is 29.5 Å². The molecule has 0 amide bonds. The molecule has 1 aliphatic rings. The van der Waals surface area contributed by atoms with Gasteiger partial charge in [-0.25, -0.2) is 0 Å². The third-order valence-corrected chi connectivity index (χ3v) is 2.45. The predicted octanol–water partition coefficient (Wildman–Crippen LogP) is 1.18. The summed E-state index contributed by atoms with van der Waals surface area (Å²) in [6.45, 7) is 5.37. The average molecular weight is 144 g/mol. The first kappa shape index (κ1) is 8.02. The minimum Gasteiger partial charge on any atom is -0.394 e. The van der Waals surface area contributed by atoms with Crippen LogP contribution in [-0.4, -0.2) is 24.4 Å². The zero-order chi connectivity index (χ0) is 7.61. The van der Waals surface area contributed by atoms with E-state index in [-0.39, 0.29) is 12.7 Å². The van der Waals surface area contributed by atoms with Crippen LogP contribution in [0, 0.1) is 5.41 Å². The van der Waals surface area contributed by atoms with Crippen LogP contribution in [0.4, 0.5) is 0 Å². The fourth-order valence-corrected chi connectivity index (χ4v) is 1.35. The second kappa shape index (κ2) is 2.89. The van der Waals surface area contributed by atoms with Gasteiger partial charge < -0.3 is 9.84 Å². The maximum atomic E-state index is 8.77. The summed E-state index contributed by atoms with van der Waals surface area (Å²) in [6.07, 6.45) is 2.26. The highest BCUT2D eigenvalue weighted by atomic mass is 16.5. The molecule has 10 heavy (non-hydrogen) atoms. The molecule has 1 heterocycles. The van der Waals surface area contributed by atoms with Gasteiger partial charge in [-0.15, -0.1) is 0 Å². The normalized spacial score (nSPS) is 40.5. The number of ether oxygens (including phenoxy) is 1. The van der Waals surface area contributed by atoms with Crippen molar-refractivity contribution in [2.45, 2.75) is 32.8 Å². The van der Waals surface area contributed by atoms with E-state index in [2.05, 4.69) is 13.8 Å². The third-order valence-electron chi connectivity index (χ3n) is 2.45. The summed E-state index contributed by atoms with van der Waals surface area (Å²) in [6, 6.07) is 0. The molecule has 2 nitrogen and oxygen atoms in total. The van der Waals surface area contributed by atoms with Crippen molar-refractivity contribution in [3.63, 3.8) is 0 Å². The summed E-state index contributed by atoms with van der Waals surface area (Å²) in [5.74, 6) is 0. The van der Waals surface area contributed by atoms with E-state index in [9.17, 15) is 0 Å². The van der Waals surface area contributed by atoms with E-state index in [0.29, 0.717) is 5.41 Å². The first-order valence-electron chi connectivity index (χ1n) is 3.92. The molecular formula is C8H16O2. The summed E-state index contributed by atoms with van der Waals surface area (Å²) in [5.41, 5.74) is 0.327. The van der Waals surface area contributed by atoms with Crippen molar-refractivity contribution in [2.75, 3.05) is 13.2 Å². The molecule has 0 bridgehead atoms. The number of hydrogen-bond donors (Lipinski definition) is 1. The third kappa shape index (κ3) is 1.50. The van der Waals surface area contributed by atoms with Crippen molar-refractivity contribution in [3.8, 4) is 0 Å². The molecule has 0 aromatic carbocycles. The quantitative estimate of drug-likeness (QED) is 0.630. The van der Waals surface area contributed by atoms with Crippen molar-refractivity contribution in [2.24, 2.45) is 5.41 Å². The van der Waals surface area contributed by atoms with Crippen LogP contribution in [0.3, 0.4) is 0 Å². The summed E-state index contributed by atoms with van der Waals surface area (Å²) >= 11 is 0. The molecule has 0 spiro atoms. The average Bonchev–Trinajstić information content (AvgIpc) is 2.33. The molecule has 1 N–H and O–H groups in total. The van der Waals surface area contributed by atoms with Crippen molar-refractivity contribution in [3.05, 3.63) is 0 Å². The van der Waals surface area contributed by atoms with Gasteiger partial charge in [0.05, 0.1) is 19.3 Å². The monoisotopic (exact) mass is 144 g/mol. The van der Waals surface area contributed by atoms with E-state index in [0.717, 1.165) is 19.4 Å². The minimum atomic E-state index is 0.102. The molecule has 0 unspecified atom stereocenters. The van der Waals surface area contributed by atoms with Gasteiger partial charge in [0, 0.05) is 0 Å². The maximum Gasteiger partial charge on any atom is 0.0812 e. The van der Waals surface area contributed by atoms with Crippen molar-refractivity contribution >= 4 is 0 Å². The number of aliphatic hydroxyl groups excluding tert-OH is 1. The van der Waals surface area contributed by atoms with E-state index in [1.807, 2.05) is 0 Å². The SMILES string of the molecule is CC[C@]1(C)CO[C@@H](CO)C1. The van der Waals surface area contributed by atoms with E-state index in [4.69, 9.17) is 9.84 Å². The van der Waals surface area contributed by atoms with Crippen molar-refractivity contribution < 1.29 is 9.84 Å². The summed E-state index contributed by atoms with van der Waals surface area (Å²) in [5, 5.41) is 8.77. The lowest BCUT2D eigenvalue weighted by Crippen LogP contribution is -2.15. The smallest absolute Gasteiger partial charge is 0.0812 e. The van der Waals surface area contributed by atoms with Gasteiger partial charge in [0.1, 0.15) is 0 Å². The van der Waals surface area contributed by atoms with Crippen molar-refractivity contribution in [1.29, 1.82) is 0 Å². The first-order valence-corrected chi connectivity index (χ1v) is 3.92. The van der Waals surface area contributed by atoms with Gasteiger partial charge in [0.15, 0.2) is 0 Å². The summed E-state index contributed by atoms with van der Waals surface area (Å²) < 4.78 is 5.36. The minimum absolute atomic E-state index is 0.102. The van der Waals surface area contributed by atoms with Crippen molar-refractivity contribution in [1.82, 2.24) is 0 Å². The van der Waals surface area contributed by atoms with Crippen LogP contribution in [0.15, 0.2) is 0 Å². The Morgan fingerprint density at radius 3 is 2.70 bits per heavy atom. The molecular weight excluding hydrogens is 128 g/mol. The fraction of sp³-hybridized carbons (Fsp3) is 1.00. The number of aliphatic hydroxyl groups is 1. The van der Waals surface area contributed by atoms with Crippen LogP contribution < -0.4 is 0 Å².